The van der Waals surface area contributed by atoms with Gasteiger partial charge >= 0.3 is 17.7 Å². The van der Waals surface area contributed by atoms with Crippen LogP contribution in [0.3, 0.4) is 0 Å². The molecule has 0 fully saturated rings. The number of carbonyl (C=O) groups is 2. The summed E-state index contributed by atoms with van der Waals surface area (Å²) in [5, 5.41) is 3.06. The van der Waals surface area contributed by atoms with E-state index in [9.17, 15) is 14.4 Å². The molecule has 2 rings (SSSR count). The highest BCUT2D eigenvalue weighted by Crippen LogP contribution is 2.29. The summed E-state index contributed by atoms with van der Waals surface area (Å²) in [6, 6.07) is 3.86. The third-order valence-electron chi connectivity index (χ3n) is 3.74. The Morgan fingerprint density at radius 1 is 1.19 bits per heavy atom. The molecule has 1 atom stereocenters. The minimum absolute atomic E-state index is 0.278. The number of amides is 1. The summed E-state index contributed by atoms with van der Waals surface area (Å²) in [5.74, 6) is -0.346. The van der Waals surface area contributed by atoms with Crippen LogP contribution in [0.25, 0.3) is 11.0 Å². The standard InChI is InChI=1S/C20H25NO6/c1-7-13(21-19(24)27-20(4,5)6)18(23)26-15-9-11(2)8-14-17(15)12(3)10-16(22)25-14/h8-10,13H,7H2,1-6H3,(H,21,24)/t13-/m1/s1. The van der Waals surface area contributed by atoms with Crippen molar-refractivity contribution in [1.29, 1.82) is 0 Å². The smallest absolute Gasteiger partial charge is 0.408 e. The summed E-state index contributed by atoms with van der Waals surface area (Å²) in [7, 11) is 0. The van der Waals surface area contributed by atoms with Crippen LogP contribution in [0, 0.1) is 13.8 Å². The van der Waals surface area contributed by atoms with Gasteiger partial charge in [-0.05, 0) is 64.3 Å². The van der Waals surface area contributed by atoms with E-state index in [1.54, 1.807) is 53.7 Å². The van der Waals surface area contributed by atoms with Gasteiger partial charge in [-0.25, -0.2) is 14.4 Å². The van der Waals surface area contributed by atoms with E-state index in [-0.39, 0.29) is 5.75 Å². The lowest BCUT2D eigenvalue weighted by molar-refractivity contribution is -0.136. The molecule has 146 valence electrons. The Bertz CT molecular complexity index is 922. The van der Waals surface area contributed by atoms with Crippen LogP contribution in [0.5, 0.6) is 5.75 Å². The van der Waals surface area contributed by atoms with Crippen LogP contribution in [0.2, 0.25) is 0 Å². The summed E-state index contributed by atoms with van der Waals surface area (Å²) >= 11 is 0. The van der Waals surface area contributed by atoms with Crippen LogP contribution < -0.4 is 15.7 Å². The number of fused-ring (bicyclic) bond motifs is 1. The highest BCUT2D eigenvalue weighted by atomic mass is 16.6. The second-order valence-corrected chi connectivity index (χ2v) is 7.41. The third-order valence-corrected chi connectivity index (χ3v) is 3.74. The molecule has 1 aromatic heterocycles. The van der Waals surface area contributed by atoms with Crippen LogP contribution in [-0.4, -0.2) is 23.7 Å². The second-order valence-electron chi connectivity index (χ2n) is 7.41. The molecule has 1 amide bonds. The first-order valence-electron chi connectivity index (χ1n) is 8.76. The molecule has 0 saturated carbocycles. The van der Waals surface area contributed by atoms with Gasteiger partial charge in [0.15, 0.2) is 0 Å². The van der Waals surface area contributed by atoms with Gasteiger partial charge in [-0.3, -0.25) is 0 Å². The van der Waals surface area contributed by atoms with Crippen LogP contribution >= 0.6 is 0 Å². The van der Waals surface area contributed by atoms with Crippen molar-refractivity contribution in [2.75, 3.05) is 0 Å². The summed E-state index contributed by atoms with van der Waals surface area (Å²) in [6.07, 6.45) is -0.363. The number of benzene rings is 1. The first-order chi connectivity index (χ1) is 12.5. The van der Waals surface area contributed by atoms with E-state index in [4.69, 9.17) is 13.9 Å². The molecule has 2 aromatic rings. The minimum Gasteiger partial charge on any atom is -0.444 e. The molecule has 0 aliphatic heterocycles. The van der Waals surface area contributed by atoms with E-state index in [1.807, 2.05) is 0 Å². The second kappa shape index (κ2) is 7.82. The predicted molar refractivity (Wildman–Crippen MR) is 101 cm³/mol. The Morgan fingerprint density at radius 2 is 1.85 bits per heavy atom. The van der Waals surface area contributed by atoms with Crippen molar-refractivity contribution >= 4 is 23.0 Å². The van der Waals surface area contributed by atoms with Gasteiger partial charge in [0, 0.05) is 6.07 Å². The number of alkyl carbamates (subject to hydrolysis) is 1. The van der Waals surface area contributed by atoms with Crippen molar-refractivity contribution in [3.8, 4) is 5.75 Å². The van der Waals surface area contributed by atoms with Gasteiger partial charge in [0.25, 0.3) is 0 Å². The van der Waals surface area contributed by atoms with Crippen molar-refractivity contribution < 1.29 is 23.5 Å². The number of hydrogen-bond acceptors (Lipinski definition) is 6. The predicted octanol–water partition coefficient (Wildman–Crippen LogP) is 3.62. The molecule has 0 spiro atoms. The van der Waals surface area contributed by atoms with Crippen molar-refractivity contribution in [2.45, 2.75) is 59.6 Å². The van der Waals surface area contributed by atoms with Gasteiger partial charge in [0.05, 0.1) is 5.39 Å². The van der Waals surface area contributed by atoms with Crippen molar-refractivity contribution in [2.24, 2.45) is 0 Å². The van der Waals surface area contributed by atoms with E-state index in [2.05, 4.69) is 5.32 Å². The van der Waals surface area contributed by atoms with E-state index in [0.717, 1.165) is 5.56 Å². The Kier molecular flexibility index (Phi) is 5.93. The molecule has 1 aromatic carbocycles. The molecule has 0 aliphatic carbocycles. The quantitative estimate of drug-likeness (QED) is 0.498. The maximum absolute atomic E-state index is 12.6. The van der Waals surface area contributed by atoms with E-state index < -0.39 is 29.3 Å². The maximum Gasteiger partial charge on any atom is 0.408 e. The number of hydrogen-bond donors (Lipinski definition) is 1. The highest BCUT2D eigenvalue weighted by molar-refractivity contribution is 5.91. The van der Waals surface area contributed by atoms with Gasteiger partial charge in [-0.2, -0.15) is 0 Å². The summed E-state index contributed by atoms with van der Waals surface area (Å²) in [4.78, 5) is 36.1. The van der Waals surface area contributed by atoms with Gasteiger partial charge in [0.2, 0.25) is 0 Å². The monoisotopic (exact) mass is 375 g/mol. The fourth-order valence-electron chi connectivity index (χ4n) is 2.61. The normalized spacial score (nSPS) is 12.5. The van der Waals surface area contributed by atoms with Crippen LogP contribution in [0.15, 0.2) is 27.4 Å². The zero-order chi connectivity index (χ0) is 20.4. The first-order valence-corrected chi connectivity index (χ1v) is 8.76. The Hall–Kier alpha value is -2.83. The van der Waals surface area contributed by atoms with E-state index in [1.165, 1.54) is 6.07 Å². The number of ether oxygens (including phenoxy) is 2. The van der Waals surface area contributed by atoms with Crippen LogP contribution in [0.1, 0.15) is 45.2 Å². The van der Waals surface area contributed by atoms with E-state index >= 15 is 0 Å². The molecular weight excluding hydrogens is 350 g/mol. The summed E-state index contributed by atoms with van der Waals surface area (Å²) in [5.41, 5.74) is 0.606. The Morgan fingerprint density at radius 3 is 2.44 bits per heavy atom. The number of rotatable bonds is 4. The fraction of sp³-hybridized carbons (Fsp3) is 0.450. The summed E-state index contributed by atoms with van der Waals surface area (Å²) < 4.78 is 15.9. The molecule has 0 saturated heterocycles. The van der Waals surface area contributed by atoms with Crippen LogP contribution in [-0.2, 0) is 9.53 Å². The lowest BCUT2D eigenvalue weighted by Crippen LogP contribution is -2.44. The molecular formula is C20H25NO6. The van der Waals surface area contributed by atoms with Gasteiger partial charge < -0.3 is 19.2 Å². The molecule has 27 heavy (non-hydrogen) atoms. The zero-order valence-corrected chi connectivity index (χ0v) is 16.5. The maximum atomic E-state index is 12.6. The molecule has 1 N–H and O–H groups in total. The number of nitrogens with one attached hydrogen (secondary N) is 1. The van der Waals surface area contributed by atoms with Crippen molar-refractivity contribution in [1.82, 2.24) is 5.32 Å². The van der Waals surface area contributed by atoms with Crippen molar-refractivity contribution in [3.05, 3.63) is 39.7 Å². The average molecular weight is 375 g/mol. The van der Waals surface area contributed by atoms with E-state index in [0.29, 0.717) is 23.0 Å². The van der Waals surface area contributed by atoms with Gasteiger partial charge in [0.1, 0.15) is 23.0 Å². The minimum atomic E-state index is -0.869. The lowest BCUT2D eigenvalue weighted by atomic mass is 10.1. The topological polar surface area (TPSA) is 94.8 Å². The molecule has 7 nitrogen and oxygen atoms in total. The molecule has 0 aliphatic rings. The molecule has 0 unspecified atom stereocenters. The number of carbonyl (C=O) groups excluding carboxylic acids is 2. The van der Waals surface area contributed by atoms with Crippen LogP contribution in [0.4, 0.5) is 4.79 Å². The number of esters is 1. The Labute approximate surface area is 157 Å². The SMILES string of the molecule is CC[C@@H](NC(=O)OC(C)(C)C)C(=O)Oc1cc(C)cc2oc(=O)cc(C)c12. The van der Waals surface area contributed by atoms with Gasteiger partial charge in [-0.15, -0.1) is 0 Å². The Balaban J connectivity index is 2.28. The molecule has 0 bridgehead atoms. The average Bonchev–Trinajstić information content (AvgIpc) is 2.49. The molecule has 1 heterocycles. The lowest BCUT2D eigenvalue weighted by Gasteiger charge is -2.22. The first kappa shape index (κ1) is 20.5. The fourth-order valence-corrected chi connectivity index (χ4v) is 2.61. The third kappa shape index (κ3) is 5.32. The van der Waals surface area contributed by atoms with Gasteiger partial charge in [-0.1, -0.05) is 6.92 Å². The zero-order valence-electron chi connectivity index (χ0n) is 16.5. The largest absolute Gasteiger partial charge is 0.444 e. The summed E-state index contributed by atoms with van der Waals surface area (Å²) in [6.45, 7) is 10.5. The number of aryl methyl sites for hydroxylation is 2. The molecule has 7 heteroatoms. The molecule has 0 radical (unpaired) electrons. The highest BCUT2D eigenvalue weighted by Gasteiger charge is 2.25. The van der Waals surface area contributed by atoms with Crippen molar-refractivity contribution in [3.63, 3.8) is 0 Å².